The minimum atomic E-state index is -0.464. The molecule has 0 saturated carbocycles. The van der Waals surface area contributed by atoms with Crippen LogP contribution in [-0.4, -0.2) is 13.2 Å². The van der Waals surface area contributed by atoms with Gasteiger partial charge in [-0.1, -0.05) is 6.92 Å². The van der Waals surface area contributed by atoms with Crippen LogP contribution in [0.2, 0.25) is 0 Å². The van der Waals surface area contributed by atoms with E-state index < -0.39 is 5.82 Å². The lowest BCUT2D eigenvalue weighted by Gasteiger charge is -2.14. The molecule has 0 aromatic heterocycles. The summed E-state index contributed by atoms with van der Waals surface area (Å²) in [5.41, 5.74) is 5.81. The van der Waals surface area contributed by atoms with Gasteiger partial charge in [0.15, 0.2) is 11.6 Å². The molecule has 1 rings (SSSR count). The number of hydrogen-bond donors (Lipinski definition) is 1. The van der Waals surface area contributed by atoms with Crippen LogP contribution in [0.25, 0.3) is 0 Å². The van der Waals surface area contributed by atoms with Crippen LogP contribution in [0, 0.1) is 5.82 Å². The molecule has 0 saturated heterocycles. The molecule has 0 aliphatic rings. The van der Waals surface area contributed by atoms with E-state index in [1.807, 2.05) is 13.8 Å². The van der Waals surface area contributed by atoms with E-state index in [0.717, 1.165) is 6.42 Å². The second kappa shape index (κ2) is 4.87. The van der Waals surface area contributed by atoms with Gasteiger partial charge in [0, 0.05) is 12.1 Å². The summed E-state index contributed by atoms with van der Waals surface area (Å²) in [7, 11) is 1.48. The van der Waals surface area contributed by atoms with Crippen molar-refractivity contribution in [1.82, 2.24) is 0 Å². The molecular formula is C11H16FNO2. The van der Waals surface area contributed by atoms with Crippen molar-refractivity contribution in [3.05, 3.63) is 17.9 Å². The molecule has 3 nitrogen and oxygen atoms in total. The number of ether oxygens (including phenoxy) is 2. The predicted octanol–water partition coefficient (Wildman–Crippen LogP) is 2.59. The molecule has 0 amide bonds. The second-order valence-electron chi connectivity index (χ2n) is 3.36. The van der Waals surface area contributed by atoms with Gasteiger partial charge in [-0.3, -0.25) is 0 Å². The number of halogens is 1. The molecule has 4 heteroatoms. The van der Waals surface area contributed by atoms with Crippen molar-refractivity contribution in [3.8, 4) is 11.5 Å². The van der Waals surface area contributed by atoms with Gasteiger partial charge in [-0.25, -0.2) is 4.39 Å². The standard InChI is InChI=1S/C11H16FNO2/c1-4-7(2)15-10-6-11(14-3)9(13)5-8(10)12/h5-7H,4,13H2,1-3H3. The lowest BCUT2D eigenvalue weighted by molar-refractivity contribution is 0.207. The van der Waals surface area contributed by atoms with Crippen molar-refractivity contribution in [2.45, 2.75) is 26.4 Å². The Kier molecular flexibility index (Phi) is 3.77. The molecule has 1 atom stereocenters. The molecule has 0 spiro atoms. The lowest BCUT2D eigenvalue weighted by atomic mass is 10.2. The number of hydrogen-bond acceptors (Lipinski definition) is 3. The average molecular weight is 213 g/mol. The largest absolute Gasteiger partial charge is 0.494 e. The normalized spacial score (nSPS) is 12.3. The van der Waals surface area contributed by atoms with Crippen LogP contribution < -0.4 is 15.2 Å². The molecule has 0 aliphatic carbocycles. The Hall–Kier alpha value is -1.45. The molecule has 0 heterocycles. The van der Waals surface area contributed by atoms with Crippen LogP contribution in [0.3, 0.4) is 0 Å². The zero-order chi connectivity index (χ0) is 11.4. The molecule has 1 unspecified atom stereocenters. The van der Waals surface area contributed by atoms with Gasteiger partial charge >= 0.3 is 0 Å². The summed E-state index contributed by atoms with van der Waals surface area (Å²) >= 11 is 0. The van der Waals surface area contributed by atoms with Crippen molar-refractivity contribution < 1.29 is 13.9 Å². The maximum atomic E-state index is 13.4. The van der Waals surface area contributed by atoms with E-state index in [9.17, 15) is 4.39 Å². The molecular weight excluding hydrogens is 197 g/mol. The van der Waals surface area contributed by atoms with Crippen molar-refractivity contribution in [1.29, 1.82) is 0 Å². The maximum Gasteiger partial charge on any atom is 0.167 e. The van der Waals surface area contributed by atoms with Gasteiger partial charge in [-0.15, -0.1) is 0 Å². The van der Waals surface area contributed by atoms with Gasteiger partial charge in [0.2, 0.25) is 0 Å². The Morgan fingerprint density at radius 1 is 1.40 bits per heavy atom. The number of rotatable bonds is 4. The minimum Gasteiger partial charge on any atom is -0.494 e. The van der Waals surface area contributed by atoms with E-state index in [0.29, 0.717) is 5.75 Å². The quantitative estimate of drug-likeness (QED) is 0.782. The molecule has 1 aromatic carbocycles. The average Bonchev–Trinajstić information content (AvgIpc) is 2.21. The van der Waals surface area contributed by atoms with Gasteiger partial charge in [0.25, 0.3) is 0 Å². The molecule has 0 fully saturated rings. The number of methoxy groups -OCH3 is 1. The minimum absolute atomic E-state index is 0.0344. The Balaban J connectivity index is 2.97. The van der Waals surface area contributed by atoms with Gasteiger partial charge in [0.05, 0.1) is 18.9 Å². The lowest BCUT2D eigenvalue weighted by Crippen LogP contribution is -2.11. The fourth-order valence-corrected chi connectivity index (χ4v) is 1.12. The van der Waals surface area contributed by atoms with Gasteiger partial charge in [-0.05, 0) is 13.3 Å². The number of benzene rings is 1. The summed E-state index contributed by atoms with van der Waals surface area (Å²) in [6.07, 6.45) is 0.777. The van der Waals surface area contributed by atoms with Crippen LogP contribution in [0.15, 0.2) is 12.1 Å². The van der Waals surface area contributed by atoms with E-state index >= 15 is 0 Å². The summed E-state index contributed by atoms with van der Waals surface area (Å²) in [4.78, 5) is 0. The Morgan fingerprint density at radius 2 is 2.07 bits per heavy atom. The van der Waals surface area contributed by atoms with E-state index in [2.05, 4.69) is 0 Å². The van der Waals surface area contributed by atoms with Gasteiger partial charge in [0.1, 0.15) is 5.75 Å². The first kappa shape index (κ1) is 11.6. The van der Waals surface area contributed by atoms with Crippen molar-refractivity contribution >= 4 is 5.69 Å². The highest BCUT2D eigenvalue weighted by Gasteiger charge is 2.11. The third-order valence-corrected chi connectivity index (χ3v) is 2.19. The van der Waals surface area contributed by atoms with E-state index in [1.54, 1.807) is 0 Å². The smallest absolute Gasteiger partial charge is 0.167 e. The molecule has 0 aliphatic heterocycles. The highest BCUT2D eigenvalue weighted by atomic mass is 19.1. The Morgan fingerprint density at radius 3 is 2.60 bits per heavy atom. The van der Waals surface area contributed by atoms with Crippen LogP contribution in [0.5, 0.6) is 11.5 Å². The number of anilines is 1. The second-order valence-corrected chi connectivity index (χ2v) is 3.36. The summed E-state index contributed by atoms with van der Waals surface area (Å²) < 4.78 is 23.8. The number of nitrogen functional groups attached to an aromatic ring is 1. The van der Waals surface area contributed by atoms with Gasteiger partial charge in [-0.2, -0.15) is 0 Å². The Labute approximate surface area is 89.0 Å². The fourth-order valence-electron chi connectivity index (χ4n) is 1.12. The predicted molar refractivity (Wildman–Crippen MR) is 57.7 cm³/mol. The maximum absolute atomic E-state index is 13.4. The third kappa shape index (κ3) is 2.75. The number of nitrogens with two attached hydrogens (primary N) is 1. The molecule has 2 N–H and O–H groups in total. The van der Waals surface area contributed by atoms with E-state index in [1.165, 1.54) is 19.2 Å². The molecule has 1 aromatic rings. The first-order valence-electron chi connectivity index (χ1n) is 4.88. The first-order valence-corrected chi connectivity index (χ1v) is 4.88. The summed E-state index contributed by atoms with van der Waals surface area (Å²) in [6.45, 7) is 3.85. The zero-order valence-electron chi connectivity index (χ0n) is 9.21. The first-order chi connectivity index (χ1) is 7.08. The SMILES string of the molecule is CCC(C)Oc1cc(OC)c(N)cc1F. The van der Waals surface area contributed by atoms with Crippen LogP contribution in [0.1, 0.15) is 20.3 Å². The highest BCUT2D eigenvalue weighted by Crippen LogP contribution is 2.30. The molecule has 15 heavy (non-hydrogen) atoms. The van der Waals surface area contributed by atoms with Crippen LogP contribution in [-0.2, 0) is 0 Å². The Bertz CT molecular complexity index is 342. The molecule has 84 valence electrons. The summed E-state index contributed by atoms with van der Waals surface area (Å²) in [6, 6.07) is 2.67. The van der Waals surface area contributed by atoms with E-state index in [-0.39, 0.29) is 17.5 Å². The fraction of sp³-hybridized carbons (Fsp3) is 0.455. The topological polar surface area (TPSA) is 44.5 Å². The van der Waals surface area contributed by atoms with Crippen molar-refractivity contribution in [3.63, 3.8) is 0 Å². The van der Waals surface area contributed by atoms with Gasteiger partial charge < -0.3 is 15.2 Å². The summed E-state index contributed by atoms with van der Waals surface area (Å²) in [5, 5.41) is 0. The monoisotopic (exact) mass is 213 g/mol. The van der Waals surface area contributed by atoms with Crippen molar-refractivity contribution in [2.24, 2.45) is 0 Å². The van der Waals surface area contributed by atoms with Crippen LogP contribution >= 0.6 is 0 Å². The van der Waals surface area contributed by atoms with Crippen molar-refractivity contribution in [2.75, 3.05) is 12.8 Å². The molecule has 0 radical (unpaired) electrons. The highest BCUT2D eigenvalue weighted by molar-refractivity contribution is 5.56. The summed E-state index contributed by atoms with van der Waals surface area (Å²) in [5.74, 6) is 0.138. The zero-order valence-corrected chi connectivity index (χ0v) is 9.21. The van der Waals surface area contributed by atoms with Crippen LogP contribution in [0.4, 0.5) is 10.1 Å². The molecule has 0 bridgehead atoms. The van der Waals surface area contributed by atoms with E-state index in [4.69, 9.17) is 15.2 Å². The third-order valence-electron chi connectivity index (χ3n) is 2.19.